The molecule has 3 heteroatoms. The van der Waals surface area contributed by atoms with Gasteiger partial charge in [-0.05, 0) is 6.42 Å². The van der Waals surface area contributed by atoms with E-state index in [2.05, 4.69) is 29.5 Å². The first kappa shape index (κ1) is 19.2. The van der Waals surface area contributed by atoms with E-state index in [4.69, 9.17) is 4.74 Å². The molecule has 1 atom stereocenters. The summed E-state index contributed by atoms with van der Waals surface area (Å²) in [5.74, 6) is -0.0762. The van der Waals surface area contributed by atoms with Crippen LogP contribution in [-0.4, -0.2) is 17.0 Å². The van der Waals surface area contributed by atoms with Crippen LogP contribution < -0.4 is 0 Å². The summed E-state index contributed by atoms with van der Waals surface area (Å²) in [5, 5.41) is 0. The first-order chi connectivity index (χ1) is 9.22. The molecule has 0 amide bonds. The van der Waals surface area contributed by atoms with Crippen LogP contribution in [0.15, 0.2) is 0 Å². The van der Waals surface area contributed by atoms with E-state index >= 15 is 0 Å². The number of hydrogen-bond donors (Lipinski definition) is 0. The number of hydrogen-bond acceptors (Lipinski definition) is 2. The van der Waals surface area contributed by atoms with E-state index in [0.717, 1.165) is 12.8 Å². The van der Waals surface area contributed by atoms with Crippen molar-refractivity contribution in [2.24, 2.45) is 0 Å². The maximum atomic E-state index is 11.2. The highest BCUT2D eigenvalue weighted by Gasteiger charge is 2.13. The lowest BCUT2D eigenvalue weighted by molar-refractivity contribution is -0.139. The Hall–Kier alpha value is 0.200. The Morgan fingerprint density at radius 3 is 1.74 bits per heavy atom. The fourth-order valence-electron chi connectivity index (χ4n) is 2.23. The third-order valence-electron chi connectivity index (χ3n) is 3.52. The number of carbonyl (C=O) groups excluding carboxylic acids is 1. The molecule has 0 aliphatic carbocycles. The fourth-order valence-corrected chi connectivity index (χ4v) is 2.93. The third-order valence-corrected chi connectivity index (χ3v) is 4.65. The van der Waals surface area contributed by atoms with Crippen molar-refractivity contribution in [3.05, 3.63) is 0 Å². The highest BCUT2D eigenvalue weighted by molar-refractivity contribution is 14.1. The Labute approximate surface area is 133 Å². The molecule has 19 heavy (non-hydrogen) atoms. The summed E-state index contributed by atoms with van der Waals surface area (Å²) < 4.78 is 4.76. The molecule has 0 saturated carbocycles. The van der Waals surface area contributed by atoms with Crippen LogP contribution in [0.4, 0.5) is 0 Å². The SMILES string of the molecule is CCCCCCCCCCCCCC(I)C(=O)OC. The van der Waals surface area contributed by atoms with Crippen LogP contribution in [0.2, 0.25) is 0 Å². The molecule has 0 heterocycles. The molecule has 0 aromatic rings. The van der Waals surface area contributed by atoms with Gasteiger partial charge in [0.15, 0.2) is 0 Å². The third kappa shape index (κ3) is 13.0. The van der Waals surface area contributed by atoms with Crippen molar-refractivity contribution in [3.8, 4) is 0 Å². The number of unbranched alkanes of at least 4 members (excludes halogenated alkanes) is 10. The van der Waals surface area contributed by atoms with Crippen LogP contribution in [0.3, 0.4) is 0 Å². The first-order valence-corrected chi connectivity index (χ1v) is 9.18. The number of carbonyl (C=O) groups is 1. The molecule has 0 rings (SSSR count). The lowest BCUT2D eigenvalue weighted by atomic mass is 10.0. The van der Waals surface area contributed by atoms with Crippen molar-refractivity contribution in [1.82, 2.24) is 0 Å². The number of alkyl halides is 1. The van der Waals surface area contributed by atoms with Gasteiger partial charge in [-0.25, -0.2) is 0 Å². The van der Waals surface area contributed by atoms with E-state index in [-0.39, 0.29) is 9.89 Å². The molecule has 0 aromatic carbocycles. The maximum absolute atomic E-state index is 11.2. The summed E-state index contributed by atoms with van der Waals surface area (Å²) in [6.07, 6.45) is 15.8. The van der Waals surface area contributed by atoms with Crippen LogP contribution in [0.25, 0.3) is 0 Å². The van der Waals surface area contributed by atoms with Crippen molar-refractivity contribution in [1.29, 1.82) is 0 Å². The standard InChI is InChI=1S/C16H31IO2/c1-3-4-5-6-7-8-9-10-11-12-13-14-15(17)16(18)19-2/h15H,3-14H2,1-2H3. The molecule has 2 nitrogen and oxygen atoms in total. The smallest absolute Gasteiger partial charge is 0.318 e. The van der Waals surface area contributed by atoms with E-state index in [9.17, 15) is 4.79 Å². The Morgan fingerprint density at radius 2 is 1.32 bits per heavy atom. The van der Waals surface area contributed by atoms with Gasteiger partial charge in [0.1, 0.15) is 3.92 Å². The van der Waals surface area contributed by atoms with Crippen molar-refractivity contribution < 1.29 is 9.53 Å². The molecule has 0 bridgehead atoms. The summed E-state index contributed by atoms with van der Waals surface area (Å²) in [4.78, 5) is 11.2. The molecule has 0 radical (unpaired) electrons. The molecule has 0 aliphatic rings. The predicted molar refractivity (Wildman–Crippen MR) is 90.9 cm³/mol. The van der Waals surface area contributed by atoms with Gasteiger partial charge in [-0.15, -0.1) is 0 Å². The van der Waals surface area contributed by atoms with Gasteiger partial charge in [0, 0.05) is 0 Å². The Balaban J connectivity index is 3.12. The van der Waals surface area contributed by atoms with Gasteiger partial charge in [0.05, 0.1) is 7.11 Å². The van der Waals surface area contributed by atoms with Gasteiger partial charge in [0.25, 0.3) is 0 Å². The Morgan fingerprint density at radius 1 is 0.895 bits per heavy atom. The van der Waals surface area contributed by atoms with E-state index in [0.29, 0.717) is 0 Å². The van der Waals surface area contributed by atoms with E-state index in [1.165, 1.54) is 71.3 Å². The van der Waals surface area contributed by atoms with Gasteiger partial charge in [-0.3, -0.25) is 4.79 Å². The van der Waals surface area contributed by atoms with E-state index < -0.39 is 0 Å². The second-order valence-corrected chi connectivity index (χ2v) is 6.82. The molecule has 0 N–H and O–H groups in total. The normalized spacial score (nSPS) is 12.4. The van der Waals surface area contributed by atoms with Crippen molar-refractivity contribution in [2.45, 2.75) is 87.9 Å². The molecule has 1 unspecified atom stereocenters. The highest BCUT2D eigenvalue weighted by Crippen LogP contribution is 2.15. The molecule has 0 fully saturated rings. The quantitative estimate of drug-likeness (QED) is 0.178. The maximum Gasteiger partial charge on any atom is 0.318 e. The fraction of sp³-hybridized carbons (Fsp3) is 0.938. The number of esters is 1. The second kappa shape index (κ2) is 14.6. The zero-order valence-electron chi connectivity index (χ0n) is 12.8. The number of rotatable bonds is 13. The summed E-state index contributed by atoms with van der Waals surface area (Å²) in [6.45, 7) is 2.26. The highest BCUT2D eigenvalue weighted by atomic mass is 127. The van der Waals surface area contributed by atoms with Crippen LogP contribution >= 0.6 is 22.6 Å². The Kier molecular flexibility index (Phi) is 14.8. The lowest BCUT2D eigenvalue weighted by Crippen LogP contribution is -2.14. The average Bonchev–Trinajstić information content (AvgIpc) is 2.43. The molecule has 0 aliphatic heterocycles. The topological polar surface area (TPSA) is 26.3 Å². The second-order valence-electron chi connectivity index (χ2n) is 5.31. The van der Waals surface area contributed by atoms with Gasteiger partial charge in [0.2, 0.25) is 0 Å². The van der Waals surface area contributed by atoms with Gasteiger partial charge in [-0.2, -0.15) is 0 Å². The zero-order valence-corrected chi connectivity index (χ0v) is 14.9. The Bertz CT molecular complexity index is 207. The van der Waals surface area contributed by atoms with Gasteiger partial charge < -0.3 is 4.74 Å². The average molecular weight is 382 g/mol. The molecular weight excluding hydrogens is 351 g/mol. The van der Waals surface area contributed by atoms with Gasteiger partial charge in [-0.1, -0.05) is 100 Å². The minimum Gasteiger partial charge on any atom is -0.468 e. The van der Waals surface area contributed by atoms with Gasteiger partial charge >= 0.3 is 5.97 Å². The minimum atomic E-state index is -0.0762. The zero-order chi connectivity index (χ0) is 14.3. The number of ether oxygens (including phenoxy) is 1. The summed E-state index contributed by atoms with van der Waals surface area (Å²) in [5.41, 5.74) is 0. The predicted octanol–water partition coefficient (Wildman–Crippen LogP) is 5.66. The first-order valence-electron chi connectivity index (χ1n) is 7.94. The summed E-state index contributed by atoms with van der Waals surface area (Å²) in [6, 6.07) is 0. The van der Waals surface area contributed by atoms with Crippen LogP contribution in [0.5, 0.6) is 0 Å². The van der Waals surface area contributed by atoms with Crippen LogP contribution in [0.1, 0.15) is 84.0 Å². The van der Waals surface area contributed by atoms with Crippen LogP contribution in [0, 0.1) is 0 Å². The molecule has 0 aromatic heterocycles. The molecule has 114 valence electrons. The minimum absolute atomic E-state index is 0.0427. The number of methoxy groups -OCH3 is 1. The largest absolute Gasteiger partial charge is 0.468 e. The monoisotopic (exact) mass is 382 g/mol. The van der Waals surface area contributed by atoms with Crippen molar-refractivity contribution in [2.75, 3.05) is 7.11 Å². The van der Waals surface area contributed by atoms with Crippen molar-refractivity contribution >= 4 is 28.6 Å². The van der Waals surface area contributed by atoms with Crippen molar-refractivity contribution in [3.63, 3.8) is 0 Å². The van der Waals surface area contributed by atoms with Crippen LogP contribution in [-0.2, 0) is 9.53 Å². The molecular formula is C16H31IO2. The summed E-state index contributed by atoms with van der Waals surface area (Å²) >= 11 is 2.18. The lowest BCUT2D eigenvalue weighted by Gasteiger charge is -2.07. The molecule has 0 spiro atoms. The molecule has 0 saturated heterocycles. The summed E-state index contributed by atoms with van der Waals surface area (Å²) in [7, 11) is 1.47. The van der Waals surface area contributed by atoms with E-state index in [1.54, 1.807) is 0 Å². The number of halogens is 1. The van der Waals surface area contributed by atoms with E-state index in [1.807, 2.05) is 0 Å².